The van der Waals surface area contributed by atoms with Crippen LogP contribution < -0.4 is 10.6 Å². The van der Waals surface area contributed by atoms with E-state index in [9.17, 15) is 13.6 Å². The maximum atomic E-state index is 13.9. The Morgan fingerprint density at radius 3 is 2.65 bits per heavy atom. The molecule has 7 heteroatoms. The smallest absolute Gasteiger partial charge is 0.242 e. The van der Waals surface area contributed by atoms with Crippen LogP contribution in [-0.2, 0) is 11.8 Å². The Morgan fingerprint density at radius 2 is 2.13 bits per heavy atom. The number of rotatable bonds is 6. The Bertz CT molecular complexity index is 686. The van der Waals surface area contributed by atoms with Crippen molar-refractivity contribution in [3.63, 3.8) is 0 Å². The van der Waals surface area contributed by atoms with E-state index in [4.69, 9.17) is 0 Å². The molecule has 1 amide bonds. The van der Waals surface area contributed by atoms with Gasteiger partial charge in [-0.3, -0.25) is 9.48 Å². The van der Waals surface area contributed by atoms with E-state index in [0.717, 1.165) is 6.07 Å². The van der Waals surface area contributed by atoms with Gasteiger partial charge in [-0.15, -0.1) is 0 Å². The molecule has 2 N–H and O–H groups in total. The number of nitrogens with zero attached hydrogens (tertiary/aromatic N) is 2. The Morgan fingerprint density at radius 1 is 1.39 bits per heavy atom. The molecule has 0 aliphatic rings. The highest BCUT2D eigenvalue weighted by Crippen LogP contribution is 2.22. The third-order valence-electron chi connectivity index (χ3n) is 3.67. The lowest BCUT2D eigenvalue weighted by molar-refractivity contribution is -0.124. The second kappa shape index (κ2) is 7.32. The van der Waals surface area contributed by atoms with Gasteiger partial charge in [0.25, 0.3) is 0 Å². The monoisotopic (exact) mass is 322 g/mol. The van der Waals surface area contributed by atoms with Crippen LogP contribution in [-0.4, -0.2) is 22.7 Å². The molecule has 2 aromatic rings. The van der Waals surface area contributed by atoms with Gasteiger partial charge in [0.05, 0.1) is 12.2 Å². The number of benzene rings is 1. The van der Waals surface area contributed by atoms with Crippen LogP contribution in [0.2, 0.25) is 0 Å². The van der Waals surface area contributed by atoms with Gasteiger partial charge < -0.3 is 10.6 Å². The predicted octanol–water partition coefficient (Wildman–Crippen LogP) is 2.23. The molecule has 0 aliphatic heterocycles. The molecule has 124 valence electrons. The average molecular weight is 322 g/mol. The van der Waals surface area contributed by atoms with E-state index >= 15 is 0 Å². The van der Waals surface area contributed by atoms with E-state index in [1.54, 1.807) is 31.2 Å². The maximum absolute atomic E-state index is 13.9. The minimum atomic E-state index is -0.667. The van der Waals surface area contributed by atoms with Crippen molar-refractivity contribution in [3.05, 3.63) is 53.4 Å². The highest BCUT2D eigenvalue weighted by atomic mass is 19.1. The van der Waals surface area contributed by atoms with Crippen molar-refractivity contribution in [1.29, 1.82) is 0 Å². The van der Waals surface area contributed by atoms with Crippen molar-refractivity contribution < 1.29 is 13.6 Å². The summed E-state index contributed by atoms with van der Waals surface area (Å²) in [5.74, 6) is -1.61. The molecule has 23 heavy (non-hydrogen) atoms. The van der Waals surface area contributed by atoms with E-state index in [2.05, 4.69) is 15.7 Å². The first-order valence-electron chi connectivity index (χ1n) is 7.37. The molecule has 2 atom stereocenters. The Kier molecular flexibility index (Phi) is 5.44. The van der Waals surface area contributed by atoms with Crippen molar-refractivity contribution in [2.75, 3.05) is 7.05 Å². The number of aryl methyl sites for hydroxylation is 1. The van der Waals surface area contributed by atoms with Crippen LogP contribution in [0.4, 0.5) is 8.78 Å². The SMILES string of the molecule is CCC(NC(=O)C(NC)c1cnn(C)c1)c1ccc(F)cc1F. The molecule has 5 nitrogen and oxygen atoms in total. The summed E-state index contributed by atoms with van der Waals surface area (Å²) < 4.78 is 28.6. The Hall–Kier alpha value is -2.28. The fraction of sp³-hybridized carbons (Fsp3) is 0.375. The molecule has 0 spiro atoms. The lowest BCUT2D eigenvalue weighted by atomic mass is 10.0. The summed E-state index contributed by atoms with van der Waals surface area (Å²) >= 11 is 0. The van der Waals surface area contributed by atoms with Gasteiger partial charge in [0.1, 0.15) is 17.7 Å². The molecular formula is C16H20F2N4O. The van der Waals surface area contributed by atoms with Crippen LogP contribution in [0.5, 0.6) is 0 Å². The number of likely N-dealkylation sites (N-methyl/N-ethyl adjacent to an activating group) is 1. The van der Waals surface area contributed by atoms with Crippen LogP contribution in [0.25, 0.3) is 0 Å². The summed E-state index contributed by atoms with van der Waals surface area (Å²) in [6, 6.07) is 2.24. The molecule has 2 unspecified atom stereocenters. The van der Waals surface area contributed by atoms with Crippen molar-refractivity contribution in [3.8, 4) is 0 Å². The van der Waals surface area contributed by atoms with Crippen molar-refractivity contribution >= 4 is 5.91 Å². The fourth-order valence-electron chi connectivity index (χ4n) is 2.48. The summed E-state index contributed by atoms with van der Waals surface area (Å²) in [4.78, 5) is 12.5. The van der Waals surface area contributed by atoms with Gasteiger partial charge in [0.2, 0.25) is 5.91 Å². The maximum Gasteiger partial charge on any atom is 0.242 e. The third kappa shape index (κ3) is 3.92. The zero-order valence-electron chi connectivity index (χ0n) is 13.3. The summed E-state index contributed by atoms with van der Waals surface area (Å²) in [5.41, 5.74) is 0.977. The fourth-order valence-corrected chi connectivity index (χ4v) is 2.48. The van der Waals surface area contributed by atoms with E-state index in [-0.39, 0.29) is 11.5 Å². The number of amides is 1. The molecule has 1 aromatic carbocycles. The van der Waals surface area contributed by atoms with Crippen molar-refractivity contribution in [2.45, 2.75) is 25.4 Å². The molecular weight excluding hydrogens is 302 g/mol. The van der Waals surface area contributed by atoms with Gasteiger partial charge in [-0.25, -0.2) is 8.78 Å². The number of hydrogen-bond donors (Lipinski definition) is 2. The first-order valence-corrected chi connectivity index (χ1v) is 7.37. The summed E-state index contributed by atoms with van der Waals surface area (Å²) in [6.07, 6.45) is 3.82. The largest absolute Gasteiger partial charge is 0.348 e. The molecule has 1 aromatic heterocycles. The van der Waals surface area contributed by atoms with Gasteiger partial charge in [0.15, 0.2) is 0 Å². The standard InChI is InChI=1S/C16H20F2N4O/c1-4-14(12-6-5-11(17)7-13(12)18)21-16(23)15(19-2)10-8-20-22(3)9-10/h5-9,14-15,19H,4H2,1-3H3,(H,21,23). The highest BCUT2D eigenvalue weighted by molar-refractivity contribution is 5.83. The zero-order chi connectivity index (χ0) is 17.0. The highest BCUT2D eigenvalue weighted by Gasteiger charge is 2.24. The first kappa shape index (κ1) is 17.1. The van der Waals surface area contributed by atoms with E-state index in [1.165, 1.54) is 12.1 Å². The van der Waals surface area contributed by atoms with Crippen LogP contribution in [0.1, 0.15) is 36.6 Å². The molecule has 0 saturated heterocycles. The van der Waals surface area contributed by atoms with Crippen molar-refractivity contribution in [1.82, 2.24) is 20.4 Å². The normalized spacial score (nSPS) is 13.6. The van der Waals surface area contributed by atoms with Crippen LogP contribution in [0, 0.1) is 11.6 Å². The minimum absolute atomic E-state index is 0.267. The van der Waals surface area contributed by atoms with Gasteiger partial charge in [-0.1, -0.05) is 13.0 Å². The van der Waals surface area contributed by atoms with E-state index < -0.39 is 23.7 Å². The molecule has 0 radical (unpaired) electrons. The summed E-state index contributed by atoms with van der Waals surface area (Å²) in [5, 5.41) is 9.76. The summed E-state index contributed by atoms with van der Waals surface area (Å²) in [7, 11) is 3.42. The number of nitrogens with one attached hydrogen (secondary N) is 2. The van der Waals surface area contributed by atoms with Crippen molar-refractivity contribution in [2.24, 2.45) is 7.05 Å². The molecule has 0 bridgehead atoms. The lowest BCUT2D eigenvalue weighted by Gasteiger charge is -2.22. The second-order valence-corrected chi connectivity index (χ2v) is 5.30. The second-order valence-electron chi connectivity index (χ2n) is 5.30. The topological polar surface area (TPSA) is 59.0 Å². The molecule has 1 heterocycles. The summed E-state index contributed by atoms with van der Waals surface area (Å²) in [6.45, 7) is 1.83. The van der Waals surface area contributed by atoms with Crippen LogP contribution in [0.15, 0.2) is 30.6 Å². The Balaban J connectivity index is 2.18. The van der Waals surface area contributed by atoms with E-state index in [1.807, 2.05) is 6.92 Å². The minimum Gasteiger partial charge on any atom is -0.348 e. The molecule has 0 aliphatic carbocycles. The molecule has 2 rings (SSSR count). The zero-order valence-corrected chi connectivity index (χ0v) is 13.3. The Labute approximate surface area is 133 Å². The number of aromatic nitrogens is 2. The lowest BCUT2D eigenvalue weighted by Crippen LogP contribution is -2.38. The number of halogens is 2. The quantitative estimate of drug-likeness (QED) is 0.857. The third-order valence-corrected chi connectivity index (χ3v) is 3.67. The van der Waals surface area contributed by atoms with Gasteiger partial charge in [0, 0.05) is 30.4 Å². The number of carbonyl (C=O) groups is 1. The van der Waals surface area contributed by atoms with Gasteiger partial charge in [-0.05, 0) is 19.5 Å². The molecule has 0 saturated carbocycles. The van der Waals surface area contributed by atoms with Gasteiger partial charge in [-0.2, -0.15) is 5.10 Å². The van der Waals surface area contributed by atoms with Gasteiger partial charge >= 0.3 is 0 Å². The van der Waals surface area contributed by atoms with Crippen LogP contribution >= 0.6 is 0 Å². The molecule has 0 fully saturated rings. The number of hydrogen-bond acceptors (Lipinski definition) is 3. The number of carbonyl (C=O) groups excluding carboxylic acids is 1. The predicted molar refractivity (Wildman–Crippen MR) is 82.5 cm³/mol. The first-order chi connectivity index (χ1) is 11.0. The van der Waals surface area contributed by atoms with Crippen LogP contribution in [0.3, 0.4) is 0 Å². The van der Waals surface area contributed by atoms with E-state index in [0.29, 0.717) is 12.0 Å². The average Bonchev–Trinajstić information content (AvgIpc) is 2.92.